The second-order valence-electron chi connectivity index (χ2n) is 2.51. The van der Waals surface area contributed by atoms with Gasteiger partial charge in [-0.2, -0.15) is 5.90 Å². The second kappa shape index (κ2) is 3.25. The zero-order valence-electron chi connectivity index (χ0n) is 6.74. The van der Waals surface area contributed by atoms with E-state index in [0.29, 0.717) is 5.75 Å². The first-order valence-corrected chi connectivity index (χ1v) is 3.38. The van der Waals surface area contributed by atoms with Gasteiger partial charge < -0.3 is 9.74 Å². The molecule has 0 atom stereocenters. The monoisotopic (exact) mass is 152 g/mol. The number of benzene rings is 1. The molecule has 0 saturated carbocycles. The average molecular weight is 152 g/mol. The molecule has 0 aliphatic carbocycles. The van der Waals surface area contributed by atoms with Gasteiger partial charge in [0.05, 0.1) is 0 Å². The fourth-order valence-corrected chi connectivity index (χ4v) is 0.823. The summed E-state index contributed by atoms with van der Waals surface area (Å²) in [6.07, 6.45) is 0. The van der Waals surface area contributed by atoms with Gasteiger partial charge in [-0.3, -0.25) is 0 Å². The van der Waals surface area contributed by atoms with Crippen molar-refractivity contribution in [3.63, 3.8) is 0 Å². The van der Waals surface area contributed by atoms with E-state index in [1.165, 1.54) is 0 Å². The van der Waals surface area contributed by atoms with Gasteiger partial charge in [0.15, 0.2) is 0 Å². The van der Waals surface area contributed by atoms with Crippen molar-refractivity contribution in [2.45, 2.75) is 0 Å². The smallest absolute Gasteiger partial charge is 0.146 e. The van der Waals surface area contributed by atoms with E-state index in [1.807, 2.05) is 43.3 Å². The van der Waals surface area contributed by atoms with Crippen LogP contribution in [-0.4, -0.2) is 14.1 Å². The molecule has 0 amide bonds. The number of rotatable bonds is 2. The van der Waals surface area contributed by atoms with Crippen LogP contribution >= 0.6 is 0 Å². The molecule has 0 aliphatic rings. The third-order valence-corrected chi connectivity index (χ3v) is 1.49. The molecule has 0 aliphatic heterocycles. The first-order chi connectivity index (χ1) is 5.24. The predicted molar refractivity (Wildman–Crippen MR) is 45.6 cm³/mol. The van der Waals surface area contributed by atoms with Crippen molar-refractivity contribution >= 4 is 5.69 Å². The molecule has 0 heterocycles. The van der Waals surface area contributed by atoms with Crippen LogP contribution in [0.15, 0.2) is 24.3 Å². The molecule has 11 heavy (non-hydrogen) atoms. The van der Waals surface area contributed by atoms with Gasteiger partial charge in [0.1, 0.15) is 5.75 Å². The van der Waals surface area contributed by atoms with E-state index in [-0.39, 0.29) is 0 Å². The van der Waals surface area contributed by atoms with Crippen LogP contribution in [-0.2, 0) is 0 Å². The van der Waals surface area contributed by atoms with Gasteiger partial charge in [0.2, 0.25) is 0 Å². The van der Waals surface area contributed by atoms with Crippen LogP contribution in [0.1, 0.15) is 0 Å². The lowest BCUT2D eigenvalue weighted by Crippen LogP contribution is -2.08. The lowest BCUT2D eigenvalue weighted by molar-refractivity contribution is 0.334. The maximum absolute atomic E-state index is 4.96. The van der Waals surface area contributed by atoms with Crippen LogP contribution in [0.3, 0.4) is 0 Å². The lowest BCUT2D eigenvalue weighted by atomic mass is 10.3. The van der Waals surface area contributed by atoms with Crippen molar-refractivity contribution < 1.29 is 4.84 Å². The molecule has 3 heteroatoms. The van der Waals surface area contributed by atoms with Crippen molar-refractivity contribution in [1.29, 1.82) is 0 Å². The molecular formula is C8H12N2O. The minimum Gasteiger partial charge on any atom is -0.412 e. The Labute approximate surface area is 66.3 Å². The molecule has 0 fully saturated rings. The summed E-state index contributed by atoms with van der Waals surface area (Å²) in [5, 5.41) is 0. The Morgan fingerprint density at radius 2 is 1.73 bits per heavy atom. The predicted octanol–water partition coefficient (Wildman–Crippen LogP) is 1.01. The minimum atomic E-state index is 0.676. The third-order valence-electron chi connectivity index (χ3n) is 1.49. The van der Waals surface area contributed by atoms with E-state index in [0.717, 1.165) is 5.69 Å². The van der Waals surface area contributed by atoms with Gasteiger partial charge in [-0.1, -0.05) is 0 Å². The summed E-state index contributed by atoms with van der Waals surface area (Å²) in [4.78, 5) is 6.54. The molecular weight excluding hydrogens is 140 g/mol. The summed E-state index contributed by atoms with van der Waals surface area (Å²) in [5.41, 5.74) is 1.13. The lowest BCUT2D eigenvalue weighted by Gasteiger charge is -2.11. The Balaban J connectivity index is 2.83. The van der Waals surface area contributed by atoms with E-state index >= 15 is 0 Å². The standard InChI is InChI=1S/C8H12N2O/c1-10(2)7-3-5-8(11-9)6-4-7/h3-6H,9H2,1-2H3. The summed E-state index contributed by atoms with van der Waals surface area (Å²) in [5.74, 6) is 5.64. The van der Waals surface area contributed by atoms with E-state index < -0.39 is 0 Å². The summed E-state index contributed by atoms with van der Waals surface area (Å²) in [6.45, 7) is 0. The maximum atomic E-state index is 4.96. The summed E-state index contributed by atoms with van der Waals surface area (Å²) >= 11 is 0. The first-order valence-electron chi connectivity index (χ1n) is 3.38. The first kappa shape index (κ1) is 7.88. The highest BCUT2D eigenvalue weighted by Gasteiger charge is 1.94. The van der Waals surface area contributed by atoms with Gasteiger partial charge in [-0.25, -0.2) is 0 Å². The van der Waals surface area contributed by atoms with Crippen LogP contribution in [0.4, 0.5) is 5.69 Å². The number of hydrogen-bond donors (Lipinski definition) is 1. The zero-order valence-corrected chi connectivity index (χ0v) is 6.74. The Morgan fingerprint density at radius 1 is 1.18 bits per heavy atom. The fourth-order valence-electron chi connectivity index (χ4n) is 0.823. The molecule has 1 rings (SSSR count). The molecule has 1 aromatic rings. The molecule has 2 N–H and O–H groups in total. The van der Waals surface area contributed by atoms with Gasteiger partial charge in [0.25, 0.3) is 0 Å². The van der Waals surface area contributed by atoms with Crippen LogP contribution in [0, 0.1) is 0 Å². The minimum absolute atomic E-state index is 0.676. The van der Waals surface area contributed by atoms with Gasteiger partial charge in [-0.15, -0.1) is 0 Å². The van der Waals surface area contributed by atoms with Crippen LogP contribution in [0.5, 0.6) is 5.75 Å². The summed E-state index contributed by atoms with van der Waals surface area (Å²) < 4.78 is 0. The molecule has 0 bridgehead atoms. The highest BCUT2D eigenvalue weighted by Crippen LogP contribution is 2.15. The Hall–Kier alpha value is -1.22. The summed E-state index contributed by atoms with van der Waals surface area (Å²) in [7, 11) is 3.97. The van der Waals surface area contributed by atoms with E-state index in [1.54, 1.807) is 0 Å². The summed E-state index contributed by atoms with van der Waals surface area (Å²) in [6, 6.07) is 7.55. The van der Waals surface area contributed by atoms with Crippen molar-refractivity contribution in [2.75, 3.05) is 19.0 Å². The molecule has 0 radical (unpaired) electrons. The van der Waals surface area contributed by atoms with Crippen LogP contribution in [0.25, 0.3) is 0 Å². The van der Waals surface area contributed by atoms with Crippen molar-refractivity contribution in [1.82, 2.24) is 0 Å². The van der Waals surface area contributed by atoms with E-state index in [2.05, 4.69) is 4.84 Å². The number of hydrogen-bond acceptors (Lipinski definition) is 3. The van der Waals surface area contributed by atoms with Crippen LogP contribution in [0.2, 0.25) is 0 Å². The molecule has 60 valence electrons. The van der Waals surface area contributed by atoms with Gasteiger partial charge in [0, 0.05) is 19.8 Å². The molecule has 0 spiro atoms. The highest BCUT2D eigenvalue weighted by atomic mass is 16.6. The number of nitrogens with two attached hydrogens (primary N) is 1. The van der Waals surface area contributed by atoms with E-state index in [9.17, 15) is 0 Å². The zero-order chi connectivity index (χ0) is 8.27. The Kier molecular flexibility index (Phi) is 2.33. The SMILES string of the molecule is CN(C)c1ccc(ON)cc1. The van der Waals surface area contributed by atoms with E-state index in [4.69, 9.17) is 5.90 Å². The Morgan fingerprint density at radius 3 is 2.09 bits per heavy atom. The number of anilines is 1. The molecule has 3 nitrogen and oxygen atoms in total. The van der Waals surface area contributed by atoms with Gasteiger partial charge in [-0.05, 0) is 24.3 Å². The van der Waals surface area contributed by atoms with Gasteiger partial charge >= 0.3 is 0 Å². The topological polar surface area (TPSA) is 38.5 Å². The second-order valence-corrected chi connectivity index (χ2v) is 2.51. The van der Waals surface area contributed by atoms with Crippen molar-refractivity contribution in [2.24, 2.45) is 5.90 Å². The third kappa shape index (κ3) is 1.85. The Bertz CT molecular complexity index is 218. The normalized spacial score (nSPS) is 9.36. The van der Waals surface area contributed by atoms with Crippen molar-refractivity contribution in [3.05, 3.63) is 24.3 Å². The molecule has 0 saturated heterocycles. The fraction of sp³-hybridized carbons (Fsp3) is 0.250. The quantitative estimate of drug-likeness (QED) is 0.642. The average Bonchev–Trinajstić information content (AvgIpc) is 2.05. The largest absolute Gasteiger partial charge is 0.412 e. The highest BCUT2D eigenvalue weighted by molar-refractivity contribution is 5.47. The number of nitrogens with zero attached hydrogens (tertiary/aromatic N) is 1. The molecule has 1 aromatic carbocycles. The molecule has 0 unspecified atom stereocenters. The maximum Gasteiger partial charge on any atom is 0.146 e. The van der Waals surface area contributed by atoms with Crippen LogP contribution < -0.4 is 15.6 Å². The molecule has 0 aromatic heterocycles. The van der Waals surface area contributed by atoms with Crippen molar-refractivity contribution in [3.8, 4) is 5.75 Å².